The molecule has 2 atom stereocenters. The first-order valence-corrected chi connectivity index (χ1v) is 38.4. The molecule has 1 aliphatic heterocycles. The van der Waals surface area contributed by atoms with Crippen molar-refractivity contribution in [2.45, 2.75) is 427 Å². The van der Waals surface area contributed by atoms with Crippen LogP contribution >= 0.6 is 0 Å². The van der Waals surface area contributed by atoms with Crippen molar-refractivity contribution in [1.82, 2.24) is 0 Å². The van der Waals surface area contributed by atoms with Gasteiger partial charge in [-0.2, -0.15) is 0 Å². The molecule has 0 aromatic carbocycles. The number of unbranched alkanes of at least 4 members (excludes halogenated alkanes) is 44. The predicted molar refractivity (Wildman–Crippen MR) is 368 cm³/mol. The summed E-state index contributed by atoms with van der Waals surface area (Å²) in [5.41, 5.74) is 0. The van der Waals surface area contributed by atoms with Gasteiger partial charge in [-0.05, 0) is 49.4 Å². The topological polar surface area (TPSA) is 132 Å². The molecule has 0 bridgehead atoms. The summed E-state index contributed by atoms with van der Waals surface area (Å²) in [7, 11) is 0. The molecule has 0 N–H and O–H groups in total. The minimum Gasteiger partial charge on any atom is -0.462 e. The van der Waals surface area contributed by atoms with Gasteiger partial charge in [-0.25, -0.2) is 4.79 Å². The zero-order chi connectivity index (χ0) is 64.3. The molecule has 0 saturated heterocycles. The quantitative estimate of drug-likeness (QED) is 0.0329. The highest BCUT2D eigenvalue weighted by Gasteiger charge is 2.46. The van der Waals surface area contributed by atoms with Crippen molar-refractivity contribution in [3.8, 4) is 0 Å². The van der Waals surface area contributed by atoms with Crippen LogP contribution in [0.3, 0.4) is 0 Å². The first-order valence-electron chi connectivity index (χ1n) is 38.4. The molecular formula is C78H144O10. The van der Waals surface area contributed by atoms with Crippen LogP contribution in [0, 0.1) is 23.7 Å². The van der Waals surface area contributed by atoms with Gasteiger partial charge in [0, 0.05) is 25.7 Å². The zero-order valence-electron chi connectivity index (χ0n) is 59.4. The van der Waals surface area contributed by atoms with E-state index in [4.69, 9.17) is 23.7 Å². The summed E-state index contributed by atoms with van der Waals surface area (Å²) < 4.78 is 29.4. The standard InChI is InChI=1S/C78H144O10/c1-66(2)57-49-41-33-25-17-9-13-21-29-37-45-53-61-71(79)84-65-70(85-72(80)62-54-46-38-30-22-14-10-18-26-34-42-50-58-67(3)4)75-76(86-73(81)63-55-47-39-31-23-15-11-19-27-35-43-51-59-68(5)6)77(78(83)88-75)87-74(82)64-56-48-40-32-24-16-12-20-28-36-44-52-60-69(7)8/h66-70,75H,9-65H2,1-8H3/t70-,75+/m0/s1. The van der Waals surface area contributed by atoms with Crippen LogP contribution in [0.2, 0.25) is 0 Å². The minimum absolute atomic E-state index is 0.0887. The Bertz CT molecular complexity index is 1680. The predicted octanol–water partition coefficient (Wildman–Crippen LogP) is 24.1. The number of cyclic esters (lactones) is 1. The second kappa shape index (κ2) is 60.3. The molecule has 10 nitrogen and oxygen atoms in total. The smallest absolute Gasteiger partial charge is 0.379 e. The monoisotopic (exact) mass is 1240 g/mol. The van der Waals surface area contributed by atoms with Crippen molar-refractivity contribution in [1.29, 1.82) is 0 Å². The number of hydrogen-bond donors (Lipinski definition) is 0. The zero-order valence-corrected chi connectivity index (χ0v) is 59.4. The van der Waals surface area contributed by atoms with E-state index < -0.39 is 54.4 Å². The van der Waals surface area contributed by atoms with E-state index in [2.05, 4.69) is 55.4 Å². The Morgan fingerprint density at radius 3 is 0.807 bits per heavy atom. The van der Waals surface area contributed by atoms with E-state index in [-0.39, 0.29) is 31.4 Å². The molecule has 88 heavy (non-hydrogen) atoms. The van der Waals surface area contributed by atoms with Crippen LogP contribution in [0.15, 0.2) is 11.5 Å². The molecule has 0 radical (unpaired) electrons. The molecule has 0 aromatic heterocycles. The average molecular weight is 1240 g/mol. The highest BCUT2D eigenvalue weighted by atomic mass is 16.7. The first kappa shape index (κ1) is 83.1. The van der Waals surface area contributed by atoms with E-state index in [0.29, 0.717) is 25.7 Å². The fourth-order valence-corrected chi connectivity index (χ4v) is 12.2. The van der Waals surface area contributed by atoms with Crippen LogP contribution in [0.5, 0.6) is 0 Å². The third kappa shape index (κ3) is 53.7. The fraction of sp³-hybridized carbons (Fsp3) is 0.910. The molecule has 0 unspecified atom stereocenters. The second-order valence-corrected chi connectivity index (χ2v) is 28.9. The third-order valence-corrected chi connectivity index (χ3v) is 18.0. The third-order valence-electron chi connectivity index (χ3n) is 18.0. The number of rotatable bonds is 66. The van der Waals surface area contributed by atoms with Crippen molar-refractivity contribution in [3.63, 3.8) is 0 Å². The van der Waals surface area contributed by atoms with Gasteiger partial charge < -0.3 is 23.7 Å². The SMILES string of the molecule is CC(C)CCCCCCCCCCCCCCC(=O)OC[C@H](OC(=O)CCCCCCCCCCCCCCC(C)C)[C@H]1OC(=O)C(OC(=O)CCCCCCCCCCCCCCC(C)C)=C1OC(=O)CCCCCCCCCCCCCCC(C)C. The Morgan fingerprint density at radius 1 is 0.307 bits per heavy atom. The van der Waals surface area contributed by atoms with Crippen LogP contribution in [0.25, 0.3) is 0 Å². The van der Waals surface area contributed by atoms with E-state index in [1.165, 1.54) is 231 Å². The normalized spacial score (nSPS) is 13.8. The van der Waals surface area contributed by atoms with E-state index in [0.717, 1.165) is 101 Å². The number of esters is 5. The maximum absolute atomic E-state index is 13.8. The van der Waals surface area contributed by atoms with Crippen molar-refractivity contribution in [3.05, 3.63) is 11.5 Å². The molecule has 0 saturated carbocycles. The number of ether oxygens (including phenoxy) is 5. The average Bonchev–Trinajstić information content (AvgIpc) is 2.13. The van der Waals surface area contributed by atoms with Crippen LogP contribution in [0.1, 0.15) is 415 Å². The first-order chi connectivity index (χ1) is 42.7. The summed E-state index contributed by atoms with van der Waals surface area (Å²) in [5.74, 6) is -0.752. The van der Waals surface area contributed by atoms with Crippen molar-refractivity contribution >= 4 is 29.8 Å². The summed E-state index contributed by atoms with van der Waals surface area (Å²) in [6, 6.07) is 0. The summed E-state index contributed by atoms with van der Waals surface area (Å²) >= 11 is 0. The van der Waals surface area contributed by atoms with Gasteiger partial charge in [-0.1, -0.05) is 364 Å². The molecule has 516 valence electrons. The molecule has 0 aliphatic carbocycles. The number of carbonyl (C=O) groups is 5. The lowest BCUT2D eigenvalue weighted by Crippen LogP contribution is -2.38. The lowest BCUT2D eigenvalue weighted by atomic mass is 10.0. The Kier molecular flexibility index (Phi) is 57.0. The van der Waals surface area contributed by atoms with Gasteiger partial charge in [-0.3, -0.25) is 19.2 Å². The summed E-state index contributed by atoms with van der Waals surface area (Å²) in [6.45, 7) is 18.0. The molecule has 0 amide bonds. The summed E-state index contributed by atoms with van der Waals surface area (Å²) in [4.78, 5) is 67.9. The molecular weight excluding hydrogens is 1100 g/mol. The molecule has 1 aliphatic rings. The summed E-state index contributed by atoms with van der Waals surface area (Å²) in [6.07, 6.45) is 59.2. The van der Waals surface area contributed by atoms with Crippen molar-refractivity contribution < 1.29 is 47.7 Å². The molecule has 0 aromatic rings. The van der Waals surface area contributed by atoms with Crippen molar-refractivity contribution in [2.24, 2.45) is 23.7 Å². The van der Waals surface area contributed by atoms with Gasteiger partial charge >= 0.3 is 29.8 Å². The maximum Gasteiger partial charge on any atom is 0.379 e. The van der Waals surface area contributed by atoms with E-state index >= 15 is 0 Å². The fourth-order valence-electron chi connectivity index (χ4n) is 12.2. The molecule has 0 spiro atoms. The number of carbonyl (C=O) groups excluding carboxylic acids is 5. The summed E-state index contributed by atoms with van der Waals surface area (Å²) in [5, 5.41) is 0. The van der Waals surface area contributed by atoms with Crippen molar-refractivity contribution in [2.75, 3.05) is 6.61 Å². The second-order valence-electron chi connectivity index (χ2n) is 28.9. The van der Waals surface area contributed by atoms with Gasteiger partial charge in [-0.15, -0.1) is 0 Å². The highest BCUT2D eigenvalue weighted by Crippen LogP contribution is 2.31. The molecule has 1 rings (SSSR count). The maximum atomic E-state index is 13.8. The van der Waals surface area contributed by atoms with E-state index in [1.54, 1.807) is 0 Å². The Balaban J connectivity index is 2.95. The van der Waals surface area contributed by atoms with Gasteiger partial charge in [0.15, 0.2) is 6.10 Å². The minimum atomic E-state index is -1.44. The van der Waals surface area contributed by atoms with Gasteiger partial charge in [0.25, 0.3) is 5.76 Å². The Hall–Kier alpha value is -2.91. The Labute approximate surface area is 544 Å². The van der Waals surface area contributed by atoms with Gasteiger partial charge in [0.1, 0.15) is 6.61 Å². The van der Waals surface area contributed by atoms with Crippen LogP contribution in [0.4, 0.5) is 0 Å². The molecule has 10 heteroatoms. The van der Waals surface area contributed by atoms with Gasteiger partial charge in [0.2, 0.25) is 11.9 Å². The largest absolute Gasteiger partial charge is 0.462 e. The number of hydrogen-bond acceptors (Lipinski definition) is 10. The molecule has 1 heterocycles. The highest BCUT2D eigenvalue weighted by molar-refractivity contribution is 5.93. The van der Waals surface area contributed by atoms with Crippen LogP contribution < -0.4 is 0 Å². The van der Waals surface area contributed by atoms with E-state index in [1.807, 2.05) is 0 Å². The van der Waals surface area contributed by atoms with E-state index in [9.17, 15) is 24.0 Å². The molecule has 0 fully saturated rings. The van der Waals surface area contributed by atoms with Crippen LogP contribution in [-0.4, -0.2) is 48.7 Å². The lowest BCUT2D eigenvalue weighted by molar-refractivity contribution is -0.172. The van der Waals surface area contributed by atoms with Gasteiger partial charge in [0.05, 0.1) is 0 Å². The lowest BCUT2D eigenvalue weighted by Gasteiger charge is -2.24. The Morgan fingerprint density at radius 2 is 0.534 bits per heavy atom. The van der Waals surface area contributed by atoms with Crippen LogP contribution in [-0.2, 0) is 47.7 Å².